The molecule has 0 spiro atoms. The molecule has 0 aliphatic heterocycles. The molecule has 0 atom stereocenters. The van der Waals surface area contributed by atoms with Crippen LogP contribution in [-0.4, -0.2) is 50.5 Å². The summed E-state index contributed by atoms with van der Waals surface area (Å²) in [5, 5.41) is 0. The van der Waals surface area contributed by atoms with E-state index in [1.54, 1.807) is 0 Å². The van der Waals surface area contributed by atoms with Crippen molar-refractivity contribution in [2.45, 2.75) is 32.0 Å². The van der Waals surface area contributed by atoms with E-state index in [9.17, 15) is 45.1 Å². The third-order valence-electron chi connectivity index (χ3n) is 10.4. The second kappa shape index (κ2) is 22.4. The Balaban J connectivity index is 1.56. The zero-order valence-electron chi connectivity index (χ0n) is 36.7. The SMILES string of the molecule is C=CC(=O)OCCc1cc(-c2cc(OC(F)(F)F)cc(-c3ccc(-c4ccc(F)c(CCOC(=O)C=C)c4)c(-c4cc(OC(F)(F)F)cc(-c5ccc(F)c(CCOC(=O)C=C)c5)c4)c3)c2)ccc1F. The van der Waals surface area contributed by atoms with Gasteiger partial charge in [-0.15, -0.1) is 26.3 Å². The summed E-state index contributed by atoms with van der Waals surface area (Å²) < 4.78 is 153. The van der Waals surface area contributed by atoms with Gasteiger partial charge in [0.05, 0.1) is 19.8 Å². The number of alkyl halides is 6. The minimum atomic E-state index is -5.21. The highest BCUT2D eigenvalue weighted by atomic mass is 19.4. The Labute approximate surface area is 394 Å². The first-order valence-corrected chi connectivity index (χ1v) is 20.9. The van der Waals surface area contributed by atoms with Gasteiger partial charge in [0.25, 0.3) is 0 Å². The van der Waals surface area contributed by atoms with Gasteiger partial charge < -0.3 is 23.7 Å². The molecular formula is C53H39F9O8. The molecule has 0 aromatic heterocycles. The molecule has 0 bridgehead atoms. The van der Waals surface area contributed by atoms with Gasteiger partial charge in [0.2, 0.25) is 0 Å². The van der Waals surface area contributed by atoms with Gasteiger partial charge in [0.1, 0.15) is 29.0 Å². The number of benzene rings is 6. The monoisotopic (exact) mass is 974 g/mol. The van der Waals surface area contributed by atoms with E-state index in [1.807, 2.05) is 0 Å². The van der Waals surface area contributed by atoms with E-state index in [0.717, 1.165) is 60.7 Å². The Morgan fingerprint density at radius 1 is 0.400 bits per heavy atom. The van der Waals surface area contributed by atoms with Crippen LogP contribution >= 0.6 is 0 Å². The quantitative estimate of drug-likeness (QED) is 0.0343. The van der Waals surface area contributed by atoms with E-state index in [4.69, 9.17) is 14.2 Å². The predicted molar refractivity (Wildman–Crippen MR) is 241 cm³/mol. The van der Waals surface area contributed by atoms with Crippen molar-refractivity contribution in [1.82, 2.24) is 0 Å². The van der Waals surface area contributed by atoms with E-state index in [0.29, 0.717) is 5.56 Å². The number of hydrogen-bond donors (Lipinski definition) is 0. The fourth-order valence-electron chi connectivity index (χ4n) is 7.24. The first kappa shape index (κ1) is 51.3. The van der Waals surface area contributed by atoms with Crippen LogP contribution in [0.2, 0.25) is 0 Å². The maximum atomic E-state index is 15.3. The van der Waals surface area contributed by atoms with Crippen molar-refractivity contribution in [2.24, 2.45) is 0 Å². The topological polar surface area (TPSA) is 97.4 Å². The van der Waals surface area contributed by atoms with Crippen molar-refractivity contribution in [1.29, 1.82) is 0 Å². The minimum absolute atomic E-state index is 0.0356. The molecule has 0 amide bonds. The molecule has 6 aromatic carbocycles. The maximum absolute atomic E-state index is 15.3. The molecule has 17 heteroatoms. The normalized spacial score (nSPS) is 11.3. The molecule has 0 radical (unpaired) electrons. The Bertz CT molecular complexity index is 2960. The van der Waals surface area contributed by atoms with Gasteiger partial charge in [-0.05, 0) is 151 Å². The third-order valence-corrected chi connectivity index (χ3v) is 10.4. The van der Waals surface area contributed by atoms with Gasteiger partial charge in [0.15, 0.2) is 0 Å². The number of halogens is 9. The lowest BCUT2D eigenvalue weighted by atomic mass is 9.88. The van der Waals surface area contributed by atoms with Gasteiger partial charge in [-0.1, -0.05) is 50.1 Å². The van der Waals surface area contributed by atoms with Crippen molar-refractivity contribution in [3.05, 3.63) is 181 Å². The summed E-state index contributed by atoms with van der Waals surface area (Å²) in [6.07, 6.45) is -7.96. The molecular weight excluding hydrogens is 936 g/mol. The minimum Gasteiger partial charge on any atom is -0.462 e. The molecule has 70 heavy (non-hydrogen) atoms. The van der Waals surface area contributed by atoms with Gasteiger partial charge >= 0.3 is 30.6 Å². The zero-order chi connectivity index (χ0) is 50.8. The summed E-state index contributed by atoms with van der Waals surface area (Å²) in [7, 11) is 0. The third kappa shape index (κ3) is 14.0. The van der Waals surface area contributed by atoms with Crippen LogP contribution in [0.25, 0.3) is 55.6 Å². The van der Waals surface area contributed by atoms with Crippen LogP contribution in [0.1, 0.15) is 16.7 Å². The van der Waals surface area contributed by atoms with Crippen molar-refractivity contribution in [3.8, 4) is 67.1 Å². The lowest BCUT2D eigenvalue weighted by Gasteiger charge is -2.18. The highest BCUT2D eigenvalue weighted by Gasteiger charge is 2.33. The second-order valence-corrected chi connectivity index (χ2v) is 15.1. The molecule has 0 aliphatic rings. The average Bonchev–Trinajstić information content (AvgIpc) is 3.31. The second-order valence-electron chi connectivity index (χ2n) is 15.1. The van der Waals surface area contributed by atoms with Gasteiger partial charge in [0, 0.05) is 37.5 Å². The van der Waals surface area contributed by atoms with Crippen molar-refractivity contribution < 1.29 is 77.6 Å². The highest BCUT2D eigenvalue weighted by Crippen LogP contribution is 2.43. The molecule has 8 nitrogen and oxygen atoms in total. The molecule has 0 fully saturated rings. The van der Waals surface area contributed by atoms with Gasteiger partial charge in [-0.3, -0.25) is 0 Å². The van der Waals surface area contributed by atoms with E-state index >= 15 is 8.78 Å². The highest BCUT2D eigenvalue weighted by molar-refractivity contribution is 5.90. The Morgan fingerprint density at radius 2 is 0.729 bits per heavy atom. The standard InChI is InChI=1S/C53H39F9O8/c1-4-49(63)66-18-15-35-21-31(8-12-46(35)54)38-24-39(27-42(26-38)69-52(57,58)59)33-7-11-44(34-10-14-48(56)37(23-34)17-20-68-51(65)6-3)45(30-33)41-25-40(28-43(29-41)70-53(60,61)62)32-9-13-47(55)36(22-32)16-19-67-50(64)5-2/h4-14,21-30H,1-3,15-20H2. The summed E-state index contributed by atoms with van der Waals surface area (Å²) in [6.45, 7) is 9.19. The molecule has 6 aromatic rings. The fraction of sp³-hybridized carbons (Fsp3) is 0.151. The molecule has 0 unspecified atom stereocenters. The van der Waals surface area contributed by atoms with Crippen LogP contribution < -0.4 is 9.47 Å². The van der Waals surface area contributed by atoms with Crippen LogP contribution in [0, 0.1) is 17.5 Å². The van der Waals surface area contributed by atoms with Gasteiger partial charge in [-0.25, -0.2) is 27.6 Å². The summed E-state index contributed by atoms with van der Waals surface area (Å²) >= 11 is 0. The molecule has 0 aliphatic carbocycles. The first-order valence-electron chi connectivity index (χ1n) is 20.9. The largest absolute Gasteiger partial charge is 0.573 e. The number of ether oxygens (including phenoxy) is 5. The van der Waals surface area contributed by atoms with E-state index in [1.165, 1.54) is 66.7 Å². The average molecular weight is 975 g/mol. The number of esters is 3. The lowest BCUT2D eigenvalue weighted by Crippen LogP contribution is -2.17. The Kier molecular flexibility index (Phi) is 16.4. The van der Waals surface area contributed by atoms with Crippen LogP contribution in [0.4, 0.5) is 39.5 Å². The van der Waals surface area contributed by atoms with E-state index in [2.05, 4.69) is 29.2 Å². The fourth-order valence-corrected chi connectivity index (χ4v) is 7.24. The molecule has 6 rings (SSSR count). The molecule has 0 heterocycles. The lowest BCUT2D eigenvalue weighted by molar-refractivity contribution is -0.275. The summed E-state index contributed by atoms with van der Waals surface area (Å²) in [5.41, 5.74) is 1.84. The van der Waals surface area contributed by atoms with Crippen molar-refractivity contribution in [3.63, 3.8) is 0 Å². The summed E-state index contributed by atoms with van der Waals surface area (Å²) in [6, 6.07) is 23.1. The van der Waals surface area contributed by atoms with Gasteiger partial charge in [-0.2, -0.15) is 0 Å². The first-order chi connectivity index (χ1) is 33.2. The van der Waals surface area contributed by atoms with Crippen LogP contribution in [-0.2, 0) is 47.9 Å². The number of hydrogen-bond acceptors (Lipinski definition) is 8. The molecule has 362 valence electrons. The molecule has 0 saturated carbocycles. The van der Waals surface area contributed by atoms with E-state index < -0.39 is 59.6 Å². The molecule has 0 saturated heterocycles. The summed E-state index contributed by atoms with van der Waals surface area (Å²) in [4.78, 5) is 35.0. The summed E-state index contributed by atoms with van der Waals surface area (Å²) in [5.74, 6) is -5.75. The van der Waals surface area contributed by atoms with Crippen LogP contribution in [0.3, 0.4) is 0 Å². The van der Waals surface area contributed by atoms with Crippen LogP contribution in [0.15, 0.2) is 147 Å². The number of carbonyl (C=O) groups excluding carboxylic acids is 3. The smallest absolute Gasteiger partial charge is 0.462 e. The zero-order valence-corrected chi connectivity index (χ0v) is 36.7. The van der Waals surface area contributed by atoms with Crippen molar-refractivity contribution in [2.75, 3.05) is 19.8 Å². The maximum Gasteiger partial charge on any atom is 0.573 e. The molecule has 0 N–H and O–H groups in total. The Morgan fingerprint density at radius 3 is 1.11 bits per heavy atom. The van der Waals surface area contributed by atoms with Crippen molar-refractivity contribution >= 4 is 17.9 Å². The Hall–Kier alpha value is -8.08. The number of carbonyl (C=O) groups is 3. The van der Waals surface area contributed by atoms with E-state index in [-0.39, 0.29) is 106 Å². The number of rotatable bonds is 19. The van der Waals surface area contributed by atoms with Crippen LogP contribution in [0.5, 0.6) is 11.5 Å². The predicted octanol–water partition coefficient (Wildman–Crippen LogP) is 13.1.